The maximum Gasteiger partial charge on any atom is 0.338 e. The summed E-state index contributed by atoms with van der Waals surface area (Å²) in [7, 11) is 0. The zero-order valence-corrected chi connectivity index (χ0v) is 16.7. The number of ether oxygens (including phenoxy) is 1. The first-order valence-electron chi connectivity index (χ1n) is 9.58. The van der Waals surface area contributed by atoms with E-state index < -0.39 is 11.9 Å². The summed E-state index contributed by atoms with van der Waals surface area (Å²) in [4.78, 5) is 32.2. The van der Waals surface area contributed by atoms with Gasteiger partial charge in [-0.15, -0.1) is 0 Å². The topological polar surface area (TPSA) is 84.1 Å². The molecule has 0 spiro atoms. The molecule has 0 aliphatic heterocycles. The van der Waals surface area contributed by atoms with Gasteiger partial charge in [-0.2, -0.15) is 0 Å². The predicted octanol–water partition coefficient (Wildman–Crippen LogP) is 4.64. The number of fused-ring (bicyclic) bond motifs is 1. The lowest BCUT2D eigenvalue weighted by Crippen LogP contribution is -2.20. The van der Waals surface area contributed by atoms with Gasteiger partial charge in [0.2, 0.25) is 0 Å². The van der Waals surface area contributed by atoms with Crippen LogP contribution in [0.5, 0.6) is 0 Å². The second-order valence-electron chi connectivity index (χ2n) is 7.17. The van der Waals surface area contributed by atoms with Crippen molar-refractivity contribution < 1.29 is 14.3 Å². The van der Waals surface area contributed by atoms with Crippen molar-refractivity contribution in [3.63, 3.8) is 0 Å². The summed E-state index contributed by atoms with van der Waals surface area (Å²) in [5.41, 5.74) is 5.72. The van der Waals surface area contributed by atoms with Crippen molar-refractivity contribution in [3.05, 3.63) is 83.4 Å². The Hall–Kier alpha value is -3.93. The number of hydrogen-bond acceptors (Lipinski definition) is 4. The van der Waals surface area contributed by atoms with E-state index >= 15 is 0 Å². The molecule has 1 heterocycles. The van der Waals surface area contributed by atoms with Gasteiger partial charge in [0.25, 0.3) is 5.91 Å². The number of aromatic nitrogens is 2. The smallest absolute Gasteiger partial charge is 0.338 e. The lowest BCUT2D eigenvalue weighted by atomic mass is 10.1. The molecule has 0 fully saturated rings. The Balaban J connectivity index is 1.42. The van der Waals surface area contributed by atoms with Crippen LogP contribution in [0.2, 0.25) is 0 Å². The first kappa shape index (κ1) is 19.4. The molecule has 0 saturated heterocycles. The molecule has 2 N–H and O–H groups in total. The monoisotopic (exact) mass is 399 g/mol. The summed E-state index contributed by atoms with van der Waals surface area (Å²) in [6, 6.07) is 20.5. The van der Waals surface area contributed by atoms with Crippen molar-refractivity contribution in [1.29, 1.82) is 0 Å². The SMILES string of the molecule is Cc1ccc(NC(=O)COC(=O)c2ccc3nc(-c4ccc(C)cc4)[nH]c3c2)cc1. The average molecular weight is 399 g/mol. The maximum absolute atomic E-state index is 12.4. The van der Waals surface area contributed by atoms with Gasteiger partial charge in [0.05, 0.1) is 16.6 Å². The average Bonchev–Trinajstić information content (AvgIpc) is 3.17. The quantitative estimate of drug-likeness (QED) is 0.479. The van der Waals surface area contributed by atoms with Crippen LogP contribution in [0.4, 0.5) is 5.69 Å². The van der Waals surface area contributed by atoms with Crippen LogP contribution in [-0.2, 0) is 9.53 Å². The first-order valence-corrected chi connectivity index (χ1v) is 9.58. The number of carbonyl (C=O) groups excluding carboxylic acids is 2. The summed E-state index contributed by atoms with van der Waals surface area (Å²) >= 11 is 0. The highest BCUT2D eigenvalue weighted by Gasteiger charge is 2.13. The van der Waals surface area contributed by atoms with Gasteiger partial charge >= 0.3 is 5.97 Å². The van der Waals surface area contributed by atoms with Crippen molar-refractivity contribution in [1.82, 2.24) is 9.97 Å². The number of hydrogen-bond donors (Lipinski definition) is 2. The molecule has 0 aliphatic carbocycles. The number of H-pyrrole nitrogens is 1. The van der Waals surface area contributed by atoms with Gasteiger partial charge in [-0.1, -0.05) is 47.5 Å². The van der Waals surface area contributed by atoms with Crippen molar-refractivity contribution in [2.75, 3.05) is 11.9 Å². The second-order valence-corrected chi connectivity index (χ2v) is 7.17. The summed E-state index contributed by atoms with van der Waals surface area (Å²) in [5.74, 6) is -0.230. The largest absolute Gasteiger partial charge is 0.452 e. The number of imidazole rings is 1. The Morgan fingerprint density at radius 2 is 1.60 bits per heavy atom. The van der Waals surface area contributed by atoms with E-state index in [9.17, 15) is 9.59 Å². The van der Waals surface area contributed by atoms with Gasteiger partial charge in [-0.25, -0.2) is 9.78 Å². The molecule has 3 aromatic carbocycles. The van der Waals surface area contributed by atoms with Crippen LogP contribution >= 0.6 is 0 Å². The molecule has 150 valence electrons. The van der Waals surface area contributed by atoms with E-state index in [0.717, 1.165) is 28.0 Å². The van der Waals surface area contributed by atoms with E-state index in [4.69, 9.17) is 4.74 Å². The third-order valence-corrected chi connectivity index (χ3v) is 4.71. The van der Waals surface area contributed by atoms with E-state index in [2.05, 4.69) is 15.3 Å². The lowest BCUT2D eigenvalue weighted by Gasteiger charge is -2.07. The highest BCUT2D eigenvalue weighted by Crippen LogP contribution is 2.22. The van der Waals surface area contributed by atoms with Crippen LogP contribution in [0.3, 0.4) is 0 Å². The normalized spacial score (nSPS) is 10.7. The molecule has 6 nitrogen and oxygen atoms in total. The second kappa shape index (κ2) is 8.21. The zero-order valence-electron chi connectivity index (χ0n) is 16.7. The molecule has 0 bridgehead atoms. The van der Waals surface area contributed by atoms with Gasteiger partial charge in [0, 0.05) is 11.3 Å². The molecule has 0 unspecified atom stereocenters. The van der Waals surface area contributed by atoms with Gasteiger partial charge in [0.15, 0.2) is 6.61 Å². The molecule has 0 saturated carbocycles. The predicted molar refractivity (Wildman–Crippen MR) is 116 cm³/mol. The van der Waals surface area contributed by atoms with Gasteiger partial charge in [-0.05, 0) is 44.2 Å². The minimum atomic E-state index is -0.567. The molecular formula is C24H21N3O3. The van der Waals surface area contributed by atoms with E-state index in [-0.39, 0.29) is 6.61 Å². The molecule has 0 aliphatic rings. The number of nitrogens with one attached hydrogen (secondary N) is 2. The minimum Gasteiger partial charge on any atom is -0.452 e. The molecule has 6 heteroatoms. The molecule has 4 aromatic rings. The van der Waals surface area contributed by atoms with E-state index in [0.29, 0.717) is 11.3 Å². The summed E-state index contributed by atoms with van der Waals surface area (Å²) in [6.45, 7) is 3.64. The van der Waals surface area contributed by atoms with Crippen molar-refractivity contribution in [2.45, 2.75) is 13.8 Å². The fourth-order valence-electron chi connectivity index (χ4n) is 3.03. The Morgan fingerprint density at radius 1 is 0.933 bits per heavy atom. The number of aryl methyl sites for hydroxylation is 2. The van der Waals surface area contributed by atoms with Crippen molar-refractivity contribution in [2.24, 2.45) is 0 Å². The highest BCUT2D eigenvalue weighted by atomic mass is 16.5. The third kappa shape index (κ3) is 4.38. The van der Waals surface area contributed by atoms with E-state index in [1.807, 2.05) is 50.2 Å². The van der Waals surface area contributed by atoms with Crippen molar-refractivity contribution >= 4 is 28.6 Å². The number of esters is 1. The number of benzene rings is 3. The molecule has 0 atom stereocenters. The van der Waals surface area contributed by atoms with Crippen molar-refractivity contribution in [3.8, 4) is 11.4 Å². The Labute approximate surface area is 173 Å². The fourth-order valence-corrected chi connectivity index (χ4v) is 3.03. The fraction of sp³-hybridized carbons (Fsp3) is 0.125. The van der Waals surface area contributed by atoms with Gasteiger partial charge in [-0.3, -0.25) is 4.79 Å². The number of anilines is 1. The van der Waals surface area contributed by atoms with E-state index in [1.54, 1.807) is 30.3 Å². The summed E-state index contributed by atoms with van der Waals surface area (Å²) in [5, 5.41) is 2.70. The highest BCUT2D eigenvalue weighted by molar-refractivity contribution is 5.97. The van der Waals surface area contributed by atoms with Crippen LogP contribution in [0, 0.1) is 13.8 Å². The van der Waals surface area contributed by atoms with Gasteiger partial charge < -0.3 is 15.0 Å². The standard InChI is InChI=1S/C24H21N3O3/c1-15-3-7-17(8-4-15)23-26-20-12-9-18(13-21(20)27-23)24(29)30-14-22(28)25-19-10-5-16(2)6-11-19/h3-13H,14H2,1-2H3,(H,25,28)(H,26,27). The molecule has 0 radical (unpaired) electrons. The zero-order chi connectivity index (χ0) is 21.1. The Bertz CT molecular complexity index is 1210. The van der Waals surface area contributed by atoms with E-state index in [1.165, 1.54) is 5.56 Å². The number of amides is 1. The Morgan fingerprint density at radius 3 is 2.30 bits per heavy atom. The number of aromatic amines is 1. The summed E-state index contributed by atoms with van der Waals surface area (Å²) < 4.78 is 5.15. The molecule has 4 rings (SSSR count). The third-order valence-electron chi connectivity index (χ3n) is 4.71. The van der Waals surface area contributed by atoms with Crippen LogP contribution in [0.15, 0.2) is 66.7 Å². The van der Waals surface area contributed by atoms with Crippen LogP contribution in [-0.4, -0.2) is 28.5 Å². The lowest BCUT2D eigenvalue weighted by molar-refractivity contribution is -0.119. The van der Waals surface area contributed by atoms with Crippen LogP contribution < -0.4 is 5.32 Å². The molecule has 30 heavy (non-hydrogen) atoms. The van der Waals surface area contributed by atoms with Gasteiger partial charge in [0.1, 0.15) is 5.82 Å². The molecule has 1 amide bonds. The molecule has 1 aromatic heterocycles. The van der Waals surface area contributed by atoms with Crippen LogP contribution in [0.1, 0.15) is 21.5 Å². The number of nitrogens with zero attached hydrogens (tertiary/aromatic N) is 1. The summed E-state index contributed by atoms with van der Waals surface area (Å²) in [6.07, 6.45) is 0. The first-order chi connectivity index (χ1) is 14.5. The molecular weight excluding hydrogens is 378 g/mol. The number of rotatable bonds is 5. The minimum absolute atomic E-state index is 0.352. The number of carbonyl (C=O) groups is 2. The Kier molecular flexibility index (Phi) is 5.30. The maximum atomic E-state index is 12.4. The van der Waals surface area contributed by atoms with Crippen LogP contribution in [0.25, 0.3) is 22.4 Å².